The maximum absolute atomic E-state index is 12.9. The van der Waals surface area contributed by atoms with Crippen molar-refractivity contribution < 1.29 is 33.3 Å². The fourth-order valence-electron chi connectivity index (χ4n) is 3.43. The lowest BCUT2D eigenvalue weighted by Crippen LogP contribution is -2.11. The van der Waals surface area contributed by atoms with Crippen molar-refractivity contribution in [3.8, 4) is 28.7 Å². The molecule has 0 saturated carbocycles. The molecule has 3 aromatic rings. The van der Waals surface area contributed by atoms with Crippen molar-refractivity contribution in [3.05, 3.63) is 81.5 Å². The first kappa shape index (κ1) is 23.4. The van der Waals surface area contributed by atoms with Gasteiger partial charge in [-0.15, -0.1) is 0 Å². The van der Waals surface area contributed by atoms with Crippen LogP contribution < -0.4 is 23.7 Å². The lowest BCUT2D eigenvalue weighted by atomic mass is 10.1. The van der Waals surface area contributed by atoms with E-state index in [2.05, 4.69) is 15.9 Å². The zero-order valence-electron chi connectivity index (χ0n) is 18.7. The number of hydrogen-bond donors (Lipinski definition) is 0. The van der Waals surface area contributed by atoms with Crippen LogP contribution in [-0.2, 0) is 0 Å². The molecule has 0 N–H and O–H groups in total. The first-order valence-electron chi connectivity index (χ1n) is 10.2. The van der Waals surface area contributed by atoms with E-state index in [-0.39, 0.29) is 23.9 Å². The Morgan fingerprint density at radius 3 is 2.26 bits per heavy atom. The van der Waals surface area contributed by atoms with E-state index < -0.39 is 0 Å². The fraction of sp³-hybridized carbons (Fsp3) is 0.154. The molecule has 0 saturated heterocycles. The second-order valence-corrected chi connectivity index (χ2v) is 8.18. The maximum Gasteiger partial charge on any atom is 0.231 e. The summed E-state index contributed by atoms with van der Waals surface area (Å²) in [4.78, 5) is 25.2. The second-order valence-electron chi connectivity index (χ2n) is 7.27. The lowest BCUT2D eigenvalue weighted by Gasteiger charge is -2.12. The molecular formula is C26H21BrO7. The van der Waals surface area contributed by atoms with Gasteiger partial charge in [-0.3, -0.25) is 9.59 Å². The molecule has 34 heavy (non-hydrogen) atoms. The molecule has 0 unspecified atom stereocenters. The quantitative estimate of drug-likeness (QED) is 0.290. The van der Waals surface area contributed by atoms with Crippen molar-refractivity contribution in [1.29, 1.82) is 0 Å². The minimum Gasteiger partial charge on any atom is -0.496 e. The minimum atomic E-state index is -0.274. The lowest BCUT2D eigenvalue weighted by molar-refractivity contribution is 0.0921. The standard InChI is InChI=1S/C26H21BrO7/c1-30-21-13-24(32-3)23(31-2)10-16(21)11-25-26(29)19-9-8-18(12-22(19)34-25)33-14-20(28)15-4-6-17(27)7-5-15/h4-13H,14H2,1-3H3. The molecule has 7 nitrogen and oxygen atoms in total. The van der Waals surface area contributed by atoms with E-state index in [1.165, 1.54) is 21.3 Å². The fourth-order valence-corrected chi connectivity index (χ4v) is 3.70. The molecule has 0 radical (unpaired) electrons. The highest BCUT2D eigenvalue weighted by molar-refractivity contribution is 9.10. The van der Waals surface area contributed by atoms with Gasteiger partial charge in [0.15, 0.2) is 29.6 Å². The van der Waals surface area contributed by atoms with Crippen LogP contribution in [-0.4, -0.2) is 39.5 Å². The van der Waals surface area contributed by atoms with Crippen molar-refractivity contribution in [1.82, 2.24) is 0 Å². The predicted octanol–water partition coefficient (Wildman–Crippen LogP) is 5.35. The Kier molecular flexibility index (Phi) is 6.88. The van der Waals surface area contributed by atoms with E-state index in [1.807, 2.05) is 0 Å². The van der Waals surface area contributed by atoms with Crippen LogP contribution in [0.2, 0.25) is 0 Å². The SMILES string of the molecule is COc1cc(OC)c(OC)cc1C=C1Oc2cc(OCC(=O)c3ccc(Br)cc3)ccc2C1=O. The van der Waals surface area contributed by atoms with E-state index >= 15 is 0 Å². The molecule has 0 aliphatic carbocycles. The van der Waals surface area contributed by atoms with Crippen molar-refractivity contribution in [3.63, 3.8) is 0 Å². The van der Waals surface area contributed by atoms with Gasteiger partial charge >= 0.3 is 0 Å². The van der Waals surface area contributed by atoms with Gasteiger partial charge in [-0.1, -0.05) is 28.1 Å². The summed E-state index contributed by atoms with van der Waals surface area (Å²) in [5.74, 6) is 1.95. The molecule has 0 aromatic heterocycles. The number of Topliss-reactive ketones (excluding diaryl/α,β-unsaturated/α-hetero) is 2. The number of rotatable bonds is 8. The first-order valence-corrected chi connectivity index (χ1v) is 11.0. The summed E-state index contributed by atoms with van der Waals surface area (Å²) >= 11 is 3.34. The Bertz CT molecular complexity index is 1280. The molecular weight excluding hydrogens is 504 g/mol. The topological polar surface area (TPSA) is 80.3 Å². The van der Waals surface area contributed by atoms with Crippen molar-refractivity contribution in [2.24, 2.45) is 0 Å². The summed E-state index contributed by atoms with van der Waals surface area (Å²) in [6.45, 7) is -0.139. The van der Waals surface area contributed by atoms with Gasteiger partial charge in [-0.25, -0.2) is 0 Å². The van der Waals surface area contributed by atoms with Crippen molar-refractivity contribution in [2.75, 3.05) is 27.9 Å². The van der Waals surface area contributed by atoms with Crippen LogP contribution >= 0.6 is 15.9 Å². The number of carbonyl (C=O) groups excluding carboxylic acids is 2. The Hall–Kier alpha value is -3.78. The molecule has 0 bridgehead atoms. The average molecular weight is 525 g/mol. The monoisotopic (exact) mass is 524 g/mol. The Morgan fingerprint density at radius 1 is 0.912 bits per heavy atom. The smallest absolute Gasteiger partial charge is 0.231 e. The molecule has 1 heterocycles. The van der Waals surface area contributed by atoms with Crippen LogP contribution in [0.3, 0.4) is 0 Å². The van der Waals surface area contributed by atoms with Crippen LogP contribution in [0.5, 0.6) is 28.7 Å². The van der Waals surface area contributed by atoms with Gasteiger partial charge in [0.25, 0.3) is 0 Å². The molecule has 8 heteroatoms. The highest BCUT2D eigenvalue weighted by Gasteiger charge is 2.28. The Labute approximate surface area is 205 Å². The molecule has 0 amide bonds. The normalized spacial score (nSPS) is 13.3. The number of hydrogen-bond acceptors (Lipinski definition) is 7. The highest BCUT2D eigenvalue weighted by atomic mass is 79.9. The largest absolute Gasteiger partial charge is 0.496 e. The van der Waals surface area contributed by atoms with Gasteiger partial charge in [0.05, 0.1) is 26.9 Å². The van der Waals surface area contributed by atoms with Crippen LogP contribution in [0.25, 0.3) is 6.08 Å². The summed E-state index contributed by atoms with van der Waals surface area (Å²) in [7, 11) is 4.58. The second kappa shape index (κ2) is 10.0. The summed E-state index contributed by atoms with van der Waals surface area (Å²) in [5.41, 5.74) is 1.54. The number of methoxy groups -OCH3 is 3. The summed E-state index contributed by atoms with van der Waals surface area (Å²) in [6.07, 6.45) is 1.58. The van der Waals surface area contributed by atoms with Crippen molar-refractivity contribution in [2.45, 2.75) is 0 Å². The van der Waals surface area contributed by atoms with E-state index in [0.29, 0.717) is 45.4 Å². The van der Waals surface area contributed by atoms with E-state index in [9.17, 15) is 9.59 Å². The number of halogens is 1. The van der Waals surface area contributed by atoms with E-state index in [0.717, 1.165) is 4.47 Å². The number of allylic oxidation sites excluding steroid dienone is 1. The summed E-state index contributed by atoms with van der Waals surface area (Å²) in [5, 5.41) is 0. The Morgan fingerprint density at radius 2 is 1.59 bits per heavy atom. The number of fused-ring (bicyclic) bond motifs is 1. The number of carbonyl (C=O) groups is 2. The van der Waals surface area contributed by atoms with Gasteiger partial charge in [0, 0.05) is 27.7 Å². The zero-order valence-corrected chi connectivity index (χ0v) is 20.3. The van der Waals surface area contributed by atoms with Gasteiger partial charge in [-0.05, 0) is 36.4 Å². The zero-order chi connectivity index (χ0) is 24.2. The number of ketones is 2. The number of benzene rings is 3. The Balaban J connectivity index is 1.53. The predicted molar refractivity (Wildman–Crippen MR) is 129 cm³/mol. The first-order chi connectivity index (χ1) is 16.4. The molecule has 1 aliphatic rings. The molecule has 174 valence electrons. The van der Waals surface area contributed by atoms with E-state index in [1.54, 1.807) is 60.7 Å². The molecule has 0 atom stereocenters. The van der Waals surface area contributed by atoms with Gasteiger partial charge in [0.2, 0.25) is 5.78 Å². The summed E-state index contributed by atoms with van der Waals surface area (Å²) in [6, 6.07) is 15.2. The third-order valence-electron chi connectivity index (χ3n) is 5.20. The third-order valence-corrected chi connectivity index (χ3v) is 5.73. The van der Waals surface area contributed by atoms with Crippen LogP contribution in [0.4, 0.5) is 0 Å². The third kappa shape index (κ3) is 4.77. The van der Waals surface area contributed by atoms with Gasteiger partial charge < -0.3 is 23.7 Å². The molecule has 0 spiro atoms. The average Bonchev–Trinajstić information content (AvgIpc) is 3.16. The van der Waals surface area contributed by atoms with Crippen LogP contribution in [0.1, 0.15) is 26.3 Å². The minimum absolute atomic E-state index is 0.128. The van der Waals surface area contributed by atoms with Crippen molar-refractivity contribution >= 4 is 33.6 Å². The van der Waals surface area contributed by atoms with E-state index in [4.69, 9.17) is 23.7 Å². The molecule has 4 rings (SSSR count). The van der Waals surface area contributed by atoms with Crippen LogP contribution in [0, 0.1) is 0 Å². The van der Waals surface area contributed by atoms with Gasteiger partial charge in [0.1, 0.15) is 17.2 Å². The number of ether oxygens (including phenoxy) is 5. The molecule has 3 aromatic carbocycles. The highest BCUT2D eigenvalue weighted by Crippen LogP contribution is 2.39. The maximum atomic E-state index is 12.9. The van der Waals surface area contributed by atoms with Crippen LogP contribution in [0.15, 0.2) is 64.8 Å². The van der Waals surface area contributed by atoms with Gasteiger partial charge in [-0.2, -0.15) is 0 Å². The molecule has 1 aliphatic heterocycles. The summed E-state index contributed by atoms with van der Waals surface area (Å²) < 4.78 is 28.4. The molecule has 0 fully saturated rings.